The molecule has 0 saturated carbocycles. The van der Waals surface area contributed by atoms with Crippen molar-refractivity contribution in [3.05, 3.63) is 6.33 Å². The molecule has 0 amide bonds. The topological polar surface area (TPSA) is 93.2 Å². The number of nitrogens with one attached hydrogen (secondary N) is 1. The van der Waals surface area contributed by atoms with Gasteiger partial charge >= 0.3 is 0 Å². The van der Waals surface area contributed by atoms with Gasteiger partial charge in [0.25, 0.3) is 10.0 Å². The number of aromatic nitrogens is 2. The third-order valence-electron chi connectivity index (χ3n) is 3.56. The van der Waals surface area contributed by atoms with Crippen LogP contribution in [-0.4, -0.2) is 49.6 Å². The maximum absolute atomic E-state index is 12.2. The minimum absolute atomic E-state index is 0.0402. The lowest BCUT2D eigenvalue weighted by atomic mass is 9.98. The Bertz CT molecular complexity index is 512. The molecule has 3 N–H and O–H groups in total. The molecular formula is C11H21N5O2S. The number of hydrogen-bond donors (Lipinski definition) is 2. The van der Waals surface area contributed by atoms with E-state index in [1.54, 1.807) is 7.05 Å². The van der Waals surface area contributed by atoms with Gasteiger partial charge in [0.05, 0.1) is 6.33 Å². The van der Waals surface area contributed by atoms with Gasteiger partial charge in [-0.25, -0.2) is 18.1 Å². The number of nitrogen functional groups attached to an aromatic ring is 1. The summed E-state index contributed by atoms with van der Waals surface area (Å²) < 4.78 is 28.4. The number of piperidine rings is 1. The Morgan fingerprint density at radius 1 is 1.42 bits per heavy atom. The first-order valence-electron chi connectivity index (χ1n) is 6.35. The van der Waals surface area contributed by atoms with Gasteiger partial charge in [-0.3, -0.25) is 0 Å². The van der Waals surface area contributed by atoms with Crippen LogP contribution in [0.5, 0.6) is 0 Å². The Morgan fingerprint density at radius 2 is 2.05 bits per heavy atom. The third kappa shape index (κ3) is 3.26. The number of hydrogen-bond acceptors (Lipinski definition) is 5. The molecule has 1 fully saturated rings. The molecule has 0 aliphatic carbocycles. The molecule has 0 aromatic carbocycles. The second kappa shape index (κ2) is 5.48. The molecule has 1 saturated heterocycles. The van der Waals surface area contributed by atoms with E-state index in [0.29, 0.717) is 12.5 Å². The smallest absolute Gasteiger partial charge is 0.260 e. The highest BCUT2D eigenvalue weighted by molar-refractivity contribution is 7.89. The number of nitrogens with two attached hydrogens (primary N) is 1. The maximum atomic E-state index is 12.2. The Morgan fingerprint density at radius 3 is 2.58 bits per heavy atom. The lowest BCUT2D eigenvalue weighted by molar-refractivity contribution is 0.220. The first kappa shape index (κ1) is 14.3. The van der Waals surface area contributed by atoms with Crippen LogP contribution in [0.1, 0.15) is 12.8 Å². The van der Waals surface area contributed by atoms with Crippen molar-refractivity contribution in [2.75, 3.05) is 32.4 Å². The first-order valence-corrected chi connectivity index (χ1v) is 7.83. The van der Waals surface area contributed by atoms with Crippen LogP contribution in [0.25, 0.3) is 0 Å². The SMILES string of the molecule is CN1CCC(CNS(=O)(=O)c2c(N)ncn2C)CC1. The van der Waals surface area contributed by atoms with E-state index >= 15 is 0 Å². The molecule has 2 heterocycles. The summed E-state index contributed by atoms with van der Waals surface area (Å²) in [7, 11) is 0.119. The van der Waals surface area contributed by atoms with Crippen molar-refractivity contribution in [3.63, 3.8) is 0 Å². The van der Waals surface area contributed by atoms with E-state index in [1.165, 1.54) is 10.9 Å². The van der Waals surface area contributed by atoms with Crippen molar-refractivity contribution in [3.8, 4) is 0 Å². The van der Waals surface area contributed by atoms with Crippen LogP contribution in [0.3, 0.4) is 0 Å². The highest BCUT2D eigenvalue weighted by Gasteiger charge is 2.24. The molecule has 19 heavy (non-hydrogen) atoms. The highest BCUT2D eigenvalue weighted by atomic mass is 32.2. The molecule has 1 aliphatic heterocycles. The van der Waals surface area contributed by atoms with Gasteiger partial charge in [0, 0.05) is 13.6 Å². The Hall–Kier alpha value is -1.12. The Kier molecular flexibility index (Phi) is 4.12. The molecule has 0 unspecified atom stereocenters. The Labute approximate surface area is 113 Å². The Balaban J connectivity index is 1.99. The minimum atomic E-state index is -3.58. The van der Waals surface area contributed by atoms with Crippen molar-refractivity contribution in [2.45, 2.75) is 17.9 Å². The zero-order valence-corrected chi connectivity index (χ0v) is 12.2. The quantitative estimate of drug-likeness (QED) is 0.787. The van der Waals surface area contributed by atoms with Gasteiger partial charge in [-0.05, 0) is 38.9 Å². The maximum Gasteiger partial charge on any atom is 0.260 e. The average molecular weight is 287 g/mol. The fourth-order valence-corrected chi connectivity index (χ4v) is 3.67. The summed E-state index contributed by atoms with van der Waals surface area (Å²) in [6.45, 7) is 2.49. The van der Waals surface area contributed by atoms with Crippen LogP contribution in [0.4, 0.5) is 5.82 Å². The zero-order valence-electron chi connectivity index (χ0n) is 11.3. The molecule has 1 aliphatic rings. The summed E-state index contributed by atoms with van der Waals surface area (Å²) in [6, 6.07) is 0. The van der Waals surface area contributed by atoms with E-state index in [2.05, 4.69) is 21.7 Å². The van der Waals surface area contributed by atoms with E-state index in [1.807, 2.05) is 0 Å². The summed E-state index contributed by atoms with van der Waals surface area (Å²) in [6.07, 6.45) is 3.43. The zero-order chi connectivity index (χ0) is 14.0. The number of rotatable bonds is 4. The summed E-state index contributed by atoms with van der Waals surface area (Å²) >= 11 is 0. The second-order valence-corrected chi connectivity index (χ2v) is 6.83. The van der Waals surface area contributed by atoms with Crippen LogP contribution in [0, 0.1) is 5.92 Å². The lowest BCUT2D eigenvalue weighted by Gasteiger charge is -2.28. The van der Waals surface area contributed by atoms with Gasteiger partial charge in [0.1, 0.15) is 0 Å². The van der Waals surface area contributed by atoms with E-state index in [0.717, 1.165) is 25.9 Å². The predicted octanol–water partition coefficient (Wildman–Crippen LogP) is -0.378. The monoisotopic (exact) mass is 287 g/mol. The molecule has 2 rings (SSSR count). The van der Waals surface area contributed by atoms with Gasteiger partial charge in [-0.15, -0.1) is 0 Å². The van der Waals surface area contributed by atoms with E-state index in [-0.39, 0.29) is 10.8 Å². The summed E-state index contributed by atoms with van der Waals surface area (Å²) in [5.41, 5.74) is 5.60. The fraction of sp³-hybridized carbons (Fsp3) is 0.727. The molecular weight excluding hydrogens is 266 g/mol. The molecule has 7 nitrogen and oxygen atoms in total. The van der Waals surface area contributed by atoms with Gasteiger partial charge in [-0.2, -0.15) is 0 Å². The first-order chi connectivity index (χ1) is 8.90. The predicted molar refractivity (Wildman–Crippen MR) is 73.0 cm³/mol. The lowest BCUT2D eigenvalue weighted by Crippen LogP contribution is -2.37. The summed E-state index contributed by atoms with van der Waals surface area (Å²) in [5.74, 6) is 0.429. The number of sulfonamides is 1. The van der Waals surface area contributed by atoms with Crippen LogP contribution in [0.15, 0.2) is 11.4 Å². The van der Waals surface area contributed by atoms with Crippen molar-refractivity contribution in [2.24, 2.45) is 13.0 Å². The van der Waals surface area contributed by atoms with E-state index < -0.39 is 10.0 Å². The number of imidazole rings is 1. The van der Waals surface area contributed by atoms with Gasteiger partial charge in [0.15, 0.2) is 10.8 Å². The molecule has 8 heteroatoms. The van der Waals surface area contributed by atoms with Gasteiger partial charge < -0.3 is 15.2 Å². The van der Waals surface area contributed by atoms with Crippen molar-refractivity contribution >= 4 is 15.8 Å². The van der Waals surface area contributed by atoms with E-state index in [9.17, 15) is 8.42 Å². The standard InChI is InChI=1S/C11H21N5O2S/c1-15-5-3-9(4-6-15)7-14-19(17,18)11-10(12)13-8-16(11)2/h8-9,14H,3-7,12H2,1-2H3. The molecule has 108 valence electrons. The second-order valence-electron chi connectivity index (χ2n) is 5.14. The summed E-state index contributed by atoms with van der Waals surface area (Å²) in [5, 5.41) is 0.0421. The number of anilines is 1. The van der Waals surface area contributed by atoms with E-state index in [4.69, 9.17) is 5.73 Å². The van der Waals surface area contributed by atoms with Gasteiger partial charge in [-0.1, -0.05) is 0 Å². The summed E-state index contributed by atoms with van der Waals surface area (Å²) in [4.78, 5) is 6.06. The van der Waals surface area contributed by atoms with Crippen LogP contribution < -0.4 is 10.5 Å². The molecule has 0 bridgehead atoms. The van der Waals surface area contributed by atoms with Crippen LogP contribution >= 0.6 is 0 Å². The third-order valence-corrected chi connectivity index (χ3v) is 5.12. The normalized spacial score (nSPS) is 18.8. The minimum Gasteiger partial charge on any atom is -0.381 e. The van der Waals surface area contributed by atoms with Crippen molar-refractivity contribution in [1.82, 2.24) is 19.2 Å². The number of aryl methyl sites for hydroxylation is 1. The van der Waals surface area contributed by atoms with Crippen LogP contribution in [-0.2, 0) is 17.1 Å². The molecule has 0 atom stereocenters. The molecule has 0 radical (unpaired) electrons. The number of nitrogens with zero attached hydrogens (tertiary/aromatic N) is 3. The van der Waals surface area contributed by atoms with Crippen LogP contribution in [0.2, 0.25) is 0 Å². The highest BCUT2D eigenvalue weighted by Crippen LogP contribution is 2.18. The number of likely N-dealkylation sites (tertiary alicyclic amines) is 1. The largest absolute Gasteiger partial charge is 0.381 e. The molecule has 0 spiro atoms. The molecule has 1 aromatic rings. The fourth-order valence-electron chi connectivity index (χ4n) is 2.33. The van der Waals surface area contributed by atoms with Crippen molar-refractivity contribution in [1.29, 1.82) is 0 Å². The molecule has 1 aromatic heterocycles. The average Bonchev–Trinajstić information content (AvgIpc) is 2.69. The van der Waals surface area contributed by atoms with Gasteiger partial charge in [0.2, 0.25) is 0 Å². The van der Waals surface area contributed by atoms with Crippen molar-refractivity contribution < 1.29 is 8.42 Å².